The van der Waals surface area contributed by atoms with Gasteiger partial charge in [0.05, 0.1) is 0 Å². The Morgan fingerprint density at radius 3 is 1.54 bits per heavy atom. The number of aromatic nitrogens is 2. The molecule has 3 heterocycles. The molecule has 2 aromatic heterocycles. The molecule has 8 aromatic carbocycles. The molecule has 6 heteroatoms. The summed E-state index contributed by atoms with van der Waals surface area (Å²) in [4.78, 5) is 9.78. The largest absolute Gasteiger partial charge is 0.509 e. The Morgan fingerprint density at radius 1 is 0.415 bits per heavy atom. The van der Waals surface area contributed by atoms with Crippen LogP contribution in [-0.4, -0.2) is 9.55 Å². The van der Waals surface area contributed by atoms with Crippen molar-refractivity contribution in [3.63, 3.8) is 0 Å². The molecule has 0 radical (unpaired) electrons. The maximum atomic E-state index is 7.20. The average Bonchev–Trinajstić information content (AvgIpc) is 2.27. The van der Waals surface area contributed by atoms with Gasteiger partial charge in [-0.3, -0.25) is 0 Å². The van der Waals surface area contributed by atoms with Crippen molar-refractivity contribution in [2.45, 2.75) is 143 Å². The quantitative estimate of drug-likeness (QED) is 0.128. The van der Waals surface area contributed by atoms with E-state index in [0.29, 0.717) is 11.5 Å². The number of ether oxygens (including phenoxy) is 1. The normalized spacial score (nSPS) is 13.4. The number of fused-ring (bicyclic) bond motifs is 4. The molecule has 10 aromatic rings. The summed E-state index contributed by atoms with van der Waals surface area (Å²) in [6.07, 6.45) is 1.93. The first-order valence-corrected chi connectivity index (χ1v) is 28.8. The van der Waals surface area contributed by atoms with Gasteiger partial charge in [-0.2, -0.15) is 6.07 Å². The molecule has 0 bridgehead atoms. The summed E-state index contributed by atoms with van der Waals surface area (Å²) in [6.45, 7) is 39.1. The van der Waals surface area contributed by atoms with Crippen molar-refractivity contribution >= 4 is 44.6 Å². The van der Waals surface area contributed by atoms with Crippen LogP contribution >= 0.6 is 0 Å². The van der Waals surface area contributed by atoms with E-state index in [-0.39, 0.29) is 48.1 Å². The van der Waals surface area contributed by atoms with E-state index in [2.05, 4.69) is 320 Å². The molecule has 0 spiro atoms. The van der Waals surface area contributed by atoms with Gasteiger partial charge in [-0.1, -0.05) is 225 Å². The molecular weight excluding hydrogens is 1180 g/mol. The molecule has 0 saturated carbocycles. The van der Waals surface area contributed by atoms with Crippen molar-refractivity contribution in [3.05, 3.63) is 245 Å². The molecule has 5 nitrogen and oxygen atoms in total. The molecule has 0 saturated heterocycles. The third-order valence-corrected chi connectivity index (χ3v) is 16.9. The van der Waals surface area contributed by atoms with Gasteiger partial charge < -0.3 is 19.1 Å². The Balaban J connectivity index is 0.00000753. The van der Waals surface area contributed by atoms with Crippen molar-refractivity contribution < 1.29 is 25.8 Å². The molecule has 0 atom stereocenters. The van der Waals surface area contributed by atoms with Crippen LogP contribution in [0.25, 0.3) is 38.8 Å². The Hall–Kier alpha value is -7.20. The second kappa shape index (κ2) is 21.2. The summed E-state index contributed by atoms with van der Waals surface area (Å²) in [5, 5.41) is 2.25. The minimum absolute atomic E-state index is 0. The topological polar surface area (TPSA) is 33.5 Å². The Kier molecular flexibility index (Phi) is 15.0. The van der Waals surface area contributed by atoms with Crippen LogP contribution in [-0.2, 0) is 53.6 Å². The van der Waals surface area contributed by atoms with Crippen LogP contribution in [0, 0.1) is 18.8 Å². The second-order valence-electron chi connectivity index (χ2n) is 27.6. The van der Waals surface area contributed by atoms with Gasteiger partial charge >= 0.3 is 0 Å². The zero-order chi connectivity index (χ0) is 57.6. The molecule has 0 unspecified atom stereocenters. The Labute approximate surface area is 503 Å². The first kappa shape index (κ1) is 58.0. The molecule has 11 rings (SSSR count). The van der Waals surface area contributed by atoms with Crippen molar-refractivity contribution in [2.24, 2.45) is 0 Å². The zero-order valence-corrected chi connectivity index (χ0v) is 53.2. The van der Waals surface area contributed by atoms with Gasteiger partial charge in [0.25, 0.3) is 0 Å². The fourth-order valence-electron chi connectivity index (χ4n) is 11.7. The summed E-state index contributed by atoms with van der Waals surface area (Å²) < 4.78 is 9.46. The van der Waals surface area contributed by atoms with Gasteiger partial charge in [0.2, 0.25) is 0 Å². The Morgan fingerprint density at radius 2 is 0.963 bits per heavy atom. The maximum Gasteiger partial charge on any atom is 0.135 e. The summed E-state index contributed by atoms with van der Waals surface area (Å²) >= 11 is 0. The van der Waals surface area contributed by atoms with Gasteiger partial charge in [-0.15, -0.1) is 53.6 Å². The van der Waals surface area contributed by atoms with Crippen LogP contribution in [0.4, 0.5) is 22.7 Å². The summed E-state index contributed by atoms with van der Waals surface area (Å²) in [5.41, 5.74) is 17.2. The van der Waals surface area contributed by atoms with E-state index in [1.165, 1.54) is 44.5 Å². The molecule has 82 heavy (non-hydrogen) atoms. The van der Waals surface area contributed by atoms with E-state index in [1.807, 2.05) is 6.20 Å². The van der Waals surface area contributed by atoms with Crippen molar-refractivity contribution in [1.29, 1.82) is 0 Å². The second-order valence-corrected chi connectivity index (χ2v) is 27.6. The number of nitrogens with zero attached hydrogens (tertiary/aromatic N) is 4. The van der Waals surface area contributed by atoms with E-state index >= 15 is 0 Å². The third-order valence-electron chi connectivity index (χ3n) is 16.9. The first-order valence-electron chi connectivity index (χ1n) is 28.8. The summed E-state index contributed by atoms with van der Waals surface area (Å²) in [5.74, 6) is 2.04. The number of rotatable bonds is 10. The van der Waals surface area contributed by atoms with Crippen LogP contribution in [0.2, 0.25) is 0 Å². The number of pyridine rings is 1. The molecule has 1 aliphatic heterocycles. The minimum atomic E-state index is -0.422. The van der Waals surface area contributed by atoms with Crippen LogP contribution < -0.4 is 14.5 Å². The number of benzene rings is 8. The number of hydrogen-bond donors (Lipinski definition) is 0. The molecule has 1 aliphatic rings. The SMILES string of the molecule is CC(C)(C)c1ccnc(-n2c3[c-]c(Oc4[c-]c(N5[CH-]N(c6cc(-c7ccccc7)cc(C(C)(C)c7ccccc7)c6)c6cc(C(C)(C)C)c(C(C)(C)C)cc65)cc(C(C)(C)c5ccccc5)c4)ccc3c3cc(C(C)(C)C)ccc32)c1.[Pt]. The van der Waals surface area contributed by atoms with Gasteiger partial charge in [0, 0.05) is 66.8 Å². The number of anilines is 4. The molecule has 0 fully saturated rings. The van der Waals surface area contributed by atoms with Gasteiger partial charge in [-0.05, 0) is 125 Å². The fourth-order valence-corrected chi connectivity index (χ4v) is 11.7. The van der Waals surface area contributed by atoms with Crippen molar-refractivity contribution in [1.82, 2.24) is 9.55 Å². The third kappa shape index (κ3) is 11.0. The number of hydrogen-bond acceptors (Lipinski definition) is 4. The van der Waals surface area contributed by atoms with Crippen LogP contribution in [0.1, 0.15) is 155 Å². The van der Waals surface area contributed by atoms with Crippen LogP contribution in [0.15, 0.2) is 182 Å². The molecule has 422 valence electrons. The monoisotopic (exact) mass is 1260 g/mol. The summed E-state index contributed by atoms with van der Waals surface area (Å²) in [7, 11) is 0. The standard InChI is InChI=1S/C76H79N4O.Pt/c1-71(2,3)54-32-35-66-63(43-54)62-34-33-60(46-67(62)80(66)70-44-55(36-37-77-70)72(4,5)6)81-61-42-57(76(15,16)53-30-24-19-25-31-53)41-59(45-61)79-49-78(68-47-64(73(7,8)9)65(48-69(68)79)74(10,11)12)58-39-51(50-26-20-17-21-27-50)38-56(40-58)75(13,14)52-28-22-18-23-29-52;/h17-44,47-49H,1-16H3;/q-3;. The van der Waals surface area contributed by atoms with E-state index < -0.39 is 5.41 Å². The predicted molar refractivity (Wildman–Crippen MR) is 342 cm³/mol. The molecule has 0 aliphatic carbocycles. The average molecular weight is 1260 g/mol. The van der Waals surface area contributed by atoms with E-state index in [4.69, 9.17) is 9.72 Å². The maximum absolute atomic E-state index is 7.20. The van der Waals surface area contributed by atoms with Gasteiger partial charge in [0.15, 0.2) is 0 Å². The molecular formula is C76H79N4OPt-3. The van der Waals surface area contributed by atoms with Crippen LogP contribution in [0.3, 0.4) is 0 Å². The van der Waals surface area contributed by atoms with E-state index in [9.17, 15) is 0 Å². The van der Waals surface area contributed by atoms with Crippen LogP contribution in [0.5, 0.6) is 11.5 Å². The van der Waals surface area contributed by atoms with Gasteiger partial charge in [0.1, 0.15) is 5.82 Å². The molecule has 0 amide bonds. The van der Waals surface area contributed by atoms with Crippen molar-refractivity contribution in [2.75, 3.05) is 9.80 Å². The minimum Gasteiger partial charge on any atom is -0.509 e. The van der Waals surface area contributed by atoms with E-state index in [1.54, 1.807) is 0 Å². The Bertz CT molecular complexity index is 3980. The smallest absolute Gasteiger partial charge is 0.135 e. The van der Waals surface area contributed by atoms with Crippen molar-refractivity contribution in [3.8, 4) is 28.4 Å². The first-order chi connectivity index (χ1) is 38.2. The van der Waals surface area contributed by atoms with Gasteiger partial charge in [-0.25, -0.2) is 4.98 Å². The fraction of sp³-hybridized carbons (Fsp3) is 0.289. The van der Waals surface area contributed by atoms with E-state index in [0.717, 1.165) is 61.5 Å². The predicted octanol–water partition coefficient (Wildman–Crippen LogP) is 20.5. The zero-order valence-electron chi connectivity index (χ0n) is 50.9. The molecule has 0 N–H and O–H groups in total. The summed E-state index contributed by atoms with van der Waals surface area (Å²) in [6, 6.07) is 72.2.